The van der Waals surface area contributed by atoms with Gasteiger partial charge in [-0.1, -0.05) is 11.6 Å². The van der Waals surface area contributed by atoms with Crippen molar-refractivity contribution in [3.8, 4) is 0 Å². The lowest BCUT2D eigenvalue weighted by atomic mass is 10.1. The number of hydrogen-bond acceptors (Lipinski definition) is 6. The number of hydrogen-bond donors (Lipinski definition) is 2. The normalized spacial score (nSPS) is 10.5. The van der Waals surface area contributed by atoms with E-state index in [2.05, 4.69) is 33.2 Å². The molecular weight excluding hydrogens is 566 g/mol. The van der Waals surface area contributed by atoms with E-state index in [0.29, 0.717) is 23.2 Å². The Morgan fingerprint density at radius 2 is 1.79 bits per heavy atom. The van der Waals surface area contributed by atoms with E-state index in [1.165, 1.54) is 29.2 Å². The van der Waals surface area contributed by atoms with Gasteiger partial charge in [0.1, 0.15) is 0 Å². The number of rotatable bonds is 7. The number of amides is 1. The van der Waals surface area contributed by atoms with Gasteiger partial charge in [0, 0.05) is 40.5 Å². The monoisotopic (exact) mass is 582 g/mol. The largest absolute Gasteiger partial charge is 0.351 e. The SMILES string of the molecule is CN(C)C(=O)c1ccc(Nc2c([N+](=O)[O-])cc(C=O)c(Nc3ccc(I)cc3Cl)c2F)cc1. The lowest BCUT2D eigenvalue weighted by Gasteiger charge is -2.16. The summed E-state index contributed by atoms with van der Waals surface area (Å²) in [7, 11) is 3.21. The maximum Gasteiger partial charge on any atom is 0.296 e. The molecule has 0 aliphatic heterocycles. The molecule has 11 heteroatoms. The van der Waals surface area contributed by atoms with Crippen molar-refractivity contribution in [2.75, 3.05) is 24.7 Å². The molecule has 0 aromatic heterocycles. The second-order valence-electron chi connectivity index (χ2n) is 7.07. The van der Waals surface area contributed by atoms with Crippen LogP contribution in [-0.2, 0) is 0 Å². The number of nitro groups is 1. The number of benzene rings is 3. The van der Waals surface area contributed by atoms with Crippen molar-refractivity contribution < 1.29 is 18.9 Å². The van der Waals surface area contributed by atoms with Crippen molar-refractivity contribution in [1.82, 2.24) is 4.90 Å². The lowest BCUT2D eigenvalue weighted by Crippen LogP contribution is -2.21. The van der Waals surface area contributed by atoms with Crippen LogP contribution >= 0.6 is 34.2 Å². The molecule has 0 saturated carbocycles. The minimum absolute atomic E-state index is 0.227. The van der Waals surface area contributed by atoms with Crippen LogP contribution in [0.1, 0.15) is 20.7 Å². The van der Waals surface area contributed by atoms with E-state index in [1.54, 1.807) is 32.3 Å². The molecule has 0 unspecified atom stereocenters. The van der Waals surface area contributed by atoms with E-state index in [-0.39, 0.29) is 22.2 Å². The van der Waals surface area contributed by atoms with Crippen LogP contribution in [0.25, 0.3) is 0 Å². The van der Waals surface area contributed by atoms with Crippen molar-refractivity contribution in [3.63, 3.8) is 0 Å². The molecule has 0 radical (unpaired) electrons. The Morgan fingerprint density at radius 1 is 1.12 bits per heavy atom. The van der Waals surface area contributed by atoms with E-state index < -0.39 is 22.1 Å². The highest BCUT2D eigenvalue weighted by Crippen LogP contribution is 2.39. The number of carbonyl (C=O) groups is 2. The first kappa shape index (κ1) is 24.4. The Labute approximate surface area is 207 Å². The van der Waals surface area contributed by atoms with Gasteiger partial charge in [-0.15, -0.1) is 0 Å². The molecule has 0 bridgehead atoms. The predicted octanol–water partition coefficient (Wildman–Crippen LogP) is 5.99. The first-order valence-electron chi connectivity index (χ1n) is 9.39. The van der Waals surface area contributed by atoms with E-state index in [9.17, 15) is 19.7 Å². The fraction of sp³-hybridized carbons (Fsp3) is 0.0909. The maximum atomic E-state index is 15.5. The molecule has 0 fully saturated rings. The fourth-order valence-electron chi connectivity index (χ4n) is 2.96. The van der Waals surface area contributed by atoms with Crippen LogP contribution in [-0.4, -0.2) is 36.1 Å². The smallest absolute Gasteiger partial charge is 0.296 e. The first-order chi connectivity index (χ1) is 15.6. The number of anilines is 4. The number of carbonyl (C=O) groups excluding carboxylic acids is 2. The number of nitro benzene ring substituents is 1. The number of aldehydes is 1. The summed E-state index contributed by atoms with van der Waals surface area (Å²) in [4.78, 5) is 35.9. The van der Waals surface area contributed by atoms with Gasteiger partial charge in [-0.05, 0) is 65.1 Å². The highest BCUT2D eigenvalue weighted by Gasteiger charge is 2.26. The van der Waals surface area contributed by atoms with Gasteiger partial charge in [-0.2, -0.15) is 0 Å². The number of nitrogens with one attached hydrogen (secondary N) is 2. The van der Waals surface area contributed by atoms with E-state index in [1.807, 2.05) is 0 Å². The third-order valence-corrected chi connectivity index (χ3v) is 5.58. The van der Waals surface area contributed by atoms with Crippen LogP contribution < -0.4 is 10.6 Å². The van der Waals surface area contributed by atoms with Crippen molar-refractivity contribution >= 4 is 74.8 Å². The van der Waals surface area contributed by atoms with Gasteiger partial charge < -0.3 is 15.5 Å². The zero-order valence-corrected chi connectivity index (χ0v) is 20.3. The summed E-state index contributed by atoms with van der Waals surface area (Å²) in [5, 5.41) is 17.3. The lowest BCUT2D eigenvalue weighted by molar-refractivity contribution is -0.384. The second-order valence-corrected chi connectivity index (χ2v) is 8.73. The molecule has 8 nitrogen and oxygen atoms in total. The van der Waals surface area contributed by atoms with Crippen molar-refractivity contribution in [1.29, 1.82) is 0 Å². The molecule has 3 rings (SSSR count). The molecular formula is C22H17ClFIN4O4. The molecule has 0 spiro atoms. The average molecular weight is 583 g/mol. The highest BCUT2D eigenvalue weighted by atomic mass is 127. The predicted molar refractivity (Wildman–Crippen MR) is 134 cm³/mol. The summed E-state index contributed by atoms with van der Waals surface area (Å²) in [6.45, 7) is 0. The molecule has 0 saturated heterocycles. The van der Waals surface area contributed by atoms with E-state index >= 15 is 4.39 Å². The summed E-state index contributed by atoms with van der Waals surface area (Å²) >= 11 is 8.27. The molecule has 0 aliphatic rings. The molecule has 2 N–H and O–H groups in total. The molecule has 33 heavy (non-hydrogen) atoms. The second kappa shape index (κ2) is 10.1. The Morgan fingerprint density at radius 3 is 2.33 bits per heavy atom. The van der Waals surface area contributed by atoms with Gasteiger partial charge in [0.05, 0.1) is 21.3 Å². The summed E-state index contributed by atoms with van der Waals surface area (Å²) < 4.78 is 16.4. The molecule has 1 amide bonds. The van der Waals surface area contributed by atoms with Crippen molar-refractivity contribution in [2.24, 2.45) is 0 Å². The summed E-state index contributed by atoms with van der Waals surface area (Å²) in [5.41, 5.74) is -0.544. The van der Waals surface area contributed by atoms with Crippen LogP contribution in [0, 0.1) is 19.5 Å². The van der Waals surface area contributed by atoms with Crippen molar-refractivity contribution in [2.45, 2.75) is 0 Å². The molecule has 3 aromatic rings. The van der Waals surface area contributed by atoms with Gasteiger partial charge in [-0.3, -0.25) is 19.7 Å². The van der Waals surface area contributed by atoms with Crippen LogP contribution in [0.2, 0.25) is 5.02 Å². The van der Waals surface area contributed by atoms with Gasteiger partial charge in [-0.25, -0.2) is 4.39 Å². The van der Waals surface area contributed by atoms with Crippen LogP contribution in [0.15, 0.2) is 48.5 Å². The minimum atomic E-state index is -1.03. The zero-order chi connectivity index (χ0) is 24.3. The molecule has 0 heterocycles. The summed E-state index contributed by atoms with van der Waals surface area (Å²) in [6, 6.07) is 12.0. The van der Waals surface area contributed by atoms with Crippen molar-refractivity contribution in [3.05, 3.63) is 84.2 Å². The standard InChI is InChI=1S/C22H17ClFIN4O4/c1-28(2)22(31)12-3-6-15(7-4-12)26-21-18(29(32)33)9-13(11-30)20(19(21)24)27-17-8-5-14(25)10-16(17)23/h3-11,26-27H,1-2H3. The first-order valence-corrected chi connectivity index (χ1v) is 10.8. The minimum Gasteiger partial charge on any atom is -0.351 e. The van der Waals surface area contributed by atoms with Gasteiger partial charge in [0.15, 0.2) is 17.8 Å². The summed E-state index contributed by atoms with van der Waals surface area (Å²) in [5.74, 6) is -1.26. The maximum absolute atomic E-state index is 15.5. The van der Waals surface area contributed by atoms with Crippen LogP contribution in [0.4, 0.5) is 32.8 Å². The van der Waals surface area contributed by atoms with Gasteiger partial charge >= 0.3 is 0 Å². The molecule has 3 aromatic carbocycles. The third kappa shape index (κ3) is 5.40. The quantitative estimate of drug-likeness (QED) is 0.153. The van der Waals surface area contributed by atoms with E-state index in [0.717, 1.165) is 9.64 Å². The molecule has 0 aliphatic carbocycles. The Balaban J connectivity index is 2.06. The zero-order valence-electron chi connectivity index (χ0n) is 17.4. The molecule has 0 atom stereocenters. The molecule has 170 valence electrons. The summed E-state index contributed by atoms with van der Waals surface area (Å²) in [6.07, 6.45) is 0.324. The Kier molecular flexibility index (Phi) is 7.49. The van der Waals surface area contributed by atoms with E-state index in [4.69, 9.17) is 11.6 Å². The van der Waals surface area contributed by atoms with Gasteiger partial charge in [0.2, 0.25) is 0 Å². The highest BCUT2D eigenvalue weighted by molar-refractivity contribution is 14.1. The topological polar surface area (TPSA) is 105 Å². The van der Waals surface area contributed by atoms with Gasteiger partial charge in [0.25, 0.3) is 11.6 Å². The number of nitrogens with zero attached hydrogens (tertiary/aromatic N) is 2. The fourth-order valence-corrected chi connectivity index (χ4v) is 3.87. The average Bonchev–Trinajstić information content (AvgIpc) is 2.77. The third-order valence-electron chi connectivity index (χ3n) is 4.60. The van der Waals surface area contributed by atoms with Crippen LogP contribution in [0.5, 0.6) is 0 Å². The van der Waals surface area contributed by atoms with Crippen LogP contribution in [0.3, 0.4) is 0 Å². The number of halogens is 3. The Hall–Kier alpha value is -3.25. The Bertz CT molecular complexity index is 1250.